The van der Waals surface area contributed by atoms with Crippen LogP contribution < -0.4 is 0 Å². The molecule has 1 aliphatic rings. The number of benzene rings is 1. The number of aromatic nitrogens is 3. The number of carboxylic acid groups (broad SMARTS) is 1. The second-order valence-corrected chi connectivity index (χ2v) is 5.77. The zero-order valence-corrected chi connectivity index (χ0v) is 12.3. The lowest BCUT2D eigenvalue weighted by molar-refractivity contribution is -0.140. The zero-order chi connectivity index (χ0) is 15.0. The molecule has 108 valence electrons. The monoisotopic (exact) mass is 323 g/mol. The number of carboxylic acids is 1. The number of hydrogen-bond acceptors (Lipinski definition) is 3. The maximum absolute atomic E-state index is 11.6. The Morgan fingerprint density at radius 1 is 1.38 bits per heavy atom. The fraction of sp³-hybridized carbons (Fsp3) is 0.214. The molecule has 0 amide bonds. The molecule has 5 nitrogen and oxygen atoms in total. The Bertz CT molecular complexity index is 722. The van der Waals surface area contributed by atoms with Crippen molar-refractivity contribution in [3.05, 3.63) is 46.5 Å². The maximum atomic E-state index is 11.6. The van der Waals surface area contributed by atoms with Crippen LogP contribution in [0.15, 0.2) is 30.9 Å². The Labute approximate surface area is 130 Å². The Morgan fingerprint density at radius 3 is 2.67 bits per heavy atom. The number of halogens is 2. The fourth-order valence-corrected chi connectivity index (χ4v) is 2.81. The third-order valence-electron chi connectivity index (χ3n) is 3.59. The lowest BCUT2D eigenvalue weighted by Gasteiger charge is -2.17. The van der Waals surface area contributed by atoms with Crippen molar-refractivity contribution in [2.24, 2.45) is 5.41 Å². The van der Waals surface area contributed by atoms with E-state index in [1.54, 1.807) is 24.4 Å². The highest BCUT2D eigenvalue weighted by Gasteiger charge is 2.54. The molecule has 0 bridgehead atoms. The van der Waals surface area contributed by atoms with Crippen molar-refractivity contribution in [2.75, 3.05) is 0 Å². The maximum Gasteiger partial charge on any atom is 0.314 e. The van der Waals surface area contributed by atoms with Gasteiger partial charge in [0.25, 0.3) is 0 Å². The molecule has 0 spiro atoms. The van der Waals surface area contributed by atoms with E-state index in [-0.39, 0.29) is 0 Å². The molecule has 1 N–H and O–H groups in total. The lowest BCUT2D eigenvalue weighted by Crippen LogP contribution is -2.17. The lowest BCUT2D eigenvalue weighted by atomic mass is 9.90. The van der Waals surface area contributed by atoms with E-state index in [0.29, 0.717) is 34.0 Å². The molecular formula is C14H11Cl2N3O2. The van der Waals surface area contributed by atoms with Crippen LogP contribution in [0.5, 0.6) is 0 Å². The van der Waals surface area contributed by atoms with Crippen molar-refractivity contribution >= 4 is 40.9 Å². The van der Waals surface area contributed by atoms with E-state index in [1.165, 1.54) is 17.3 Å². The first-order valence-corrected chi connectivity index (χ1v) is 7.04. The molecule has 0 unspecified atom stereocenters. The van der Waals surface area contributed by atoms with Crippen molar-refractivity contribution in [2.45, 2.75) is 12.8 Å². The van der Waals surface area contributed by atoms with Gasteiger partial charge in [-0.15, -0.1) is 0 Å². The molecule has 1 fully saturated rings. The Kier molecular flexibility index (Phi) is 3.47. The van der Waals surface area contributed by atoms with Gasteiger partial charge in [0.2, 0.25) is 0 Å². The smallest absolute Gasteiger partial charge is 0.314 e. The summed E-state index contributed by atoms with van der Waals surface area (Å²) < 4.78 is 1.48. The number of hydrogen-bond donors (Lipinski definition) is 1. The van der Waals surface area contributed by atoms with Gasteiger partial charge in [-0.1, -0.05) is 29.3 Å². The van der Waals surface area contributed by atoms with Gasteiger partial charge in [0.15, 0.2) is 0 Å². The van der Waals surface area contributed by atoms with E-state index >= 15 is 0 Å². The van der Waals surface area contributed by atoms with Gasteiger partial charge in [-0.25, -0.2) is 9.67 Å². The molecule has 1 aliphatic carbocycles. The predicted octanol–water partition coefficient (Wildman–Crippen LogP) is 3.45. The van der Waals surface area contributed by atoms with Crippen LogP contribution in [0.4, 0.5) is 0 Å². The number of carbonyl (C=O) groups is 1. The molecule has 21 heavy (non-hydrogen) atoms. The SMILES string of the molecule is O=C(O)C1(/C(=C/n2cncn2)c2ccc(Cl)cc2Cl)CC1. The summed E-state index contributed by atoms with van der Waals surface area (Å²) in [4.78, 5) is 15.5. The minimum absolute atomic E-state index is 0.418. The van der Waals surface area contributed by atoms with Crippen molar-refractivity contribution in [3.63, 3.8) is 0 Å². The molecule has 1 aromatic heterocycles. The predicted molar refractivity (Wildman–Crippen MR) is 80.0 cm³/mol. The molecule has 0 radical (unpaired) electrons. The van der Waals surface area contributed by atoms with Crippen LogP contribution in [-0.2, 0) is 4.79 Å². The topological polar surface area (TPSA) is 68.0 Å². The number of nitrogens with zero attached hydrogens (tertiary/aromatic N) is 3. The second kappa shape index (κ2) is 5.16. The molecule has 2 aromatic rings. The van der Waals surface area contributed by atoms with E-state index in [2.05, 4.69) is 10.1 Å². The first-order valence-electron chi connectivity index (χ1n) is 6.28. The van der Waals surface area contributed by atoms with Crippen LogP contribution in [0.1, 0.15) is 18.4 Å². The molecule has 3 rings (SSSR count). The third-order valence-corrected chi connectivity index (χ3v) is 4.14. The largest absolute Gasteiger partial charge is 0.481 e. The fourth-order valence-electron chi connectivity index (χ4n) is 2.30. The van der Waals surface area contributed by atoms with Crippen LogP contribution >= 0.6 is 23.2 Å². The van der Waals surface area contributed by atoms with Crippen LogP contribution in [0.3, 0.4) is 0 Å². The highest BCUT2D eigenvalue weighted by molar-refractivity contribution is 6.36. The summed E-state index contributed by atoms with van der Waals surface area (Å²) in [6, 6.07) is 5.03. The molecule has 1 saturated carbocycles. The van der Waals surface area contributed by atoms with Crippen LogP contribution in [-0.4, -0.2) is 25.8 Å². The van der Waals surface area contributed by atoms with Gasteiger partial charge < -0.3 is 5.11 Å². The summed E-state index contributed by atoms with van der Waals surface area (Å²) in [5.41, 5.74) is 0.349. The van der Waals surface area contributed by atoms with Gasteiger partial charge in [-0.3, -0.25) is 4.79 Å². The summed E-state index contributed by atoms with van der Waals surface area (Å²) >= 11 is 12.1. The van der Waals surface area contributed by atoms with Crippen LogP contribution in [0.2, 0.25) is 10.0 Å². The van der Waals surface area contributed by atoms with Crippen LogP contribution in [0.25, 0.3) is 11.8 Å². The van der Waals surface area contributed by atoms with E-state index in [9.17, 15) is 9.90 Å². The molecule has 0 aliphatic heterocycles. The minimum Gasteiger partial charge on any atom is -0.481 e. The van der Waals surface area contributed by atoms with E-state index < -0.39 is 11.4 Å². The Hall–Kier alpha value is -1.85. The Morgan fingerprint density at radius 2 is 2.14 bits per heavy atom. The van der Waals surface area contributed by atoms with Crippen LogP contribution in [0, 0.1) is 5.41 Å². The molecule has 1 aromatic carbocycles. The standard InChI is InChI=1S/C14H11Cl2N3O2/c15-9-1-2-10(12(16)5-9)11(6-19-8-17-7-18-19)14(3-4-14)13(20)21/h1-2,5-8H,3-4H2,(H,20,21)/b11-6+. The van der Waals surface area contributed by atoms with E-state index in [0.717, 1.165) is 0 Å². The molecule has 7 heteroatoms. The average molecular weight is 324 g/mol. The van der Waals surface area contributed by atoms with Gasteiger partial charge in [0, 0.05) is 16.2 Å². The first-order chi connectivity index (χ1) is 10.0. The van der Waals surface area contributed by atoms with Crippen molar-refractivity contribution in [3.8, 4) is 0 Å². The number of aliphatic carboxylic acids is 1. The third kappa shape index (κ3) is 2.54. The van der Waals surface area contributed by atoms with Gasteiger partial charge in [0.1, 0.15) is 12.7 Å². The highest BCUT2D eigenvalue weighted by Crippen LogP contribution is 2.57. The molecular weight excluding hydrogens is 313 g/mol. The Balaban J connectivity index is 2.15. The quantitative estimate of drug-likeness (QED) is 0.935. The minimum atomic E-state index is -0.913. The van der Waals surface area contributed by atoms with Crippen molar-refractivity contribution < 1.29 is 9.90 Å². The summed E-state index contributed by atoms with van der Waals surface area (Å²) in [5, 5.41) is 14.5. The zero-order valence-electron chi connectivity index (χ0n) is 10.8. The summed E-state index contributed by atoms with van der Waals surface area (Å²) in [6.07, 6.45) is 5.69. The molecule has 0 atom stereocenters. The van der Waals surface area contributed by atoms with Gasteiger partial charge in [-0.2, -0.15) is 5.10 Å². The van der Waals surface area contributed by atoms with E-state index in [1.807, 2.05) is 0 Å². The average Bonchev–Trinajstić information content (AvgIpc) is 3.08. The number of rotatable bonds is 4. The first kappa shape index (κ1) is 14.1. The van der Waals surface area contributed by atoms with Crippen molar-refractivity contribution in [1.82, 2.24) is 14.8 Å². The van der Waals surface area contributed by atoms with Gasteiger partial charge in [-0.05, 0) is 36.1 Å². The normalized spacial score (nSPS) is 16.8. The summed E-state index contributed by atoms with van der Waals surface area (Å²) in [5.74, 6) is -0.861. The highest BCUT2D eigenvalue weighted by atomic mass is 35.5. The second-order valence-electron chi connectivity index (χ2n) is 4.93. The van der Waals surface area contributed by atoms with Gasteiger partial charge in [0.05, 0.1) is 5.41 Å². The van der Waals surface area contributed by atoms with E-state index in [4.69, 9.17) is 23.2 Å². The summed E-state index contributed by atoms with van der Waals surface area (Å²) in [6.45, 7) is 0. The molecule has 1 heterocycles. The van der Waals surface area contributed by atoms with Gasteiger partial charge >= 0.3 is 5.97 Å². The van der Waals surface area contributed by atoms with Crippen molar-refractivity contribution in [1.29, 1.82) is 0 Å². The summed E-state index contributed by atoms with van der Waals surface area (Å²) in [7, 11) is 0. The molecule has 0 saturated heterocycles.